The van der Waals surface area contributed by atoms with Crippen LogP contribution in [0.15, 0.2) is 77.7 Å². The van der Waals surface area contributed by atoms with E-state index in [1.165, 1.54) is 53.3 Å². The molecule has 0 unspecified atom stereocenters. The van der Waals surface area contributed by atoms with Gasteiger partial charge in [0.15, 0.2) is 0 Å². The summed E-state index contributed by atoms with van der Waals surface area (Å²) in [7, 11) is -9.93. The standard InChI is InChI=1S/C23H17F5N2O4S2/c24-18-9-10-21-17(12-18)13-19(30(21)35(31,32)22-4-2-1-3-20(22)25)11-15-5-7-16(8-6-15)14-29-36(33,34)23(26,27)28/h1-10,12-13,29H,11,14H2. The fourth-order valence-corrected chi connectivity index (χ4v) is 5.76. The Morgan fingerprint density at radius 1 is 0.806 bits per heavy atom. The smallest absolute Gasteiger partial charge is 0.238 e. The first kappa shape index (κ1) is 25.8. The van der Waals surface area contributed by atoms with E-state index in [9.17, 15) is 38.8 Å². The van der Waals surface area contributed by atoms with Crippen LogP contribution in [0.2, 0.25) is 0 Å². The van der Waals surface area contributed by atoms with E-state index in [1.54, 1.807) is 0 Å². The van der Waals surface area contributed by atoms with Crippen LogP contribution in [0.4, 0.5) is 22.0 Å². The summed E-state index contributed by atoms with van der Waals surface area (Å²) in [5.74, 6) is -1.56. The molecule has 0 fully saturated rings. The largest absolute Gasteiger partial charge is 0.511 e. The summed E-state index contributed by atoms with van der Waals surface area (Å²) in [6, 6.07) is 15.5. The van der Waals surface area contributed by atoms with Gasteiger partial charge in [-0.25, -0.2) is 34.3 Å². The van der Waals surface area contributed by atoms with Gasteiger partial charge in [0.2, 0.25) is 0 Å². The van der Waals surface area contributed by atoms with Crippen molar-refractivity contribution in [2.45, 2.75) is 23.4 Å². The Kier molecular flexibility index (Phi) is 6.66. The van der Waals surface area contributed by atoms with Crippen molar-refractivity contribution in [2.75, 3.05) is 0 Å². The molecular weight excluding hydrogens is 527 g/mol. The summed E-state index contributed by atoms with van der Waals surface area (Å²) < 4.78 is 117. The van der Waals surface area contributed by atoms with Gasteiger partial charge in [-0.3, -0.25) is 0 Å². The molecule has 6 nitrogen and oxygen atoms in total. The second kappa shape index (κ2) is 9.30. The normalized spacial score (nSPS) is 12.8. The molecule has 3 aromatic carbocycles. The van der Waals surface area contributed by atoms with E-state index in [4.69, 9.17) is 0 Å². The molecule has 190 valence electrons. The van der Waals surface area contributed by atoms with E-state index in [1.807, 2.05) is 0 Å². The molecule has 0 atom stereocenters. The van der Waals surface area contributed by atoms with Gasteiger partial charge in [0, 0.05) is 24.0 Å². The number of alkyl halides is 3. The number of halogens is 5. The van der Waals surface area contributed by atoms with Gasteiger partial charge in [0.05, 0.1) is 5.52 Å². The predicted octanol–water partition coefficient (Wildman–Crippen LogP) is 4.69. The summed E-state index contributed by atoms with van der Waals surface area (Å²) in [6.07, 6.45) is -0.0153. The third-order valence-electron chi connectivity index (χ3n) is 5.33. The maximum Gasteiger partial charge on any atom is 0.511 e. The van der Waals surface area contributed by atoms with Crippen LogP contribution in [0, 0.1) is 11.6 Å². The van der Waals surface area contributed by atoms with Gasteiger partial charge in [-0.15, -0.1) is 0 Å². The second-order valence-electron chi connectivity index (χ2n) is 7.80. The summed E-state index contributed by atoms with van der Waals surface area (Å²) in [5.41, 5.74) is -4.38. The minimum atomic E-state index is -5.51. The molecule has 0 bridgehead atoms. The summed E-state index contributed by atoms with van der Waals surface area (Å²) in [6.45, 7) is -0.608. The Bertz CT molecular complexity index is 1650. The van der Waals surface area contributed by atoms with E-state index >= 15 is 0 Å². The number of benzene rings is 3. The highest BCUT2D eigenvalue weighted by atomic mass is 32.2. The summed E-state index contributed by atoms with van der Waals surface area (Å²) in [4.78, 5) is -0.569. The van der Waals surface area contributed by atoms with E-state index in [-0.39, 0.29) is 28.6 Å². The van der Waals surface area contributed by atoms with Crippen LogP contribution >= 0.6 is 0 Å². The summed E-state index contributed by atoms with van der Waals surface area (Å²) >= 11 is 0. The second-order valence-corrected chi connectivity index (χ2v) is 11.3. The number of aromatic nitrogens is 1. The molecule has 1 N–H and O–H groups in total. The molecule has 0 spiro atoms. The van der Waals surface area contributed by atoms with Crippen molar-refractivity contribution in [1.29, 1.82) is 0 Å². The molecule has 4 rings (SSSR count). The highest BCUT2D eigenvalue weighted by Crippen LogP contribution is 2.29. The minimum absolute atomic E-state index is 0.0153. The predicted molar refractivity (Wildman–Crippen MR) is 122 cm³/mol. The van der Waals surface area contributed by atoms with Crippen molar-refractivity contribution in [3.8, 4) is 0 Å². The lowest BCUT2D eigenvalue weighted by molar-refractivity contribution is -0.0448. The highest BCUT2D eigenvalue weighted by molar-refractivity contribution is 7.90. The van der Waals surface area contributed by atoms with Crippen LogP contribution in [0.25, 0.3) is 10.9 Å². The fourth-order valence-electron chi connectivity index (χ4n) is 3.62. The first-order chi connectivity index (χ1) is 16.8. The number of hydrogen-bond donors (Lipinski definition) is 1. The molecule has 1 aromatic heterocycles. The molecule has 0 aliphatic rings. The molecule has 0 radical (unpaired) electrons. The minimum Gasteiger partial charge on any atom is -0.238 e. The first-order valence-corrected chi connectivity index (χ1v) is 13.2. The van der Waals surface area contributed by atoms with Crippen molar-refractivity contribution in [3.63, 3.8) is 0 Å². The van der Waals surface area contributed by atoms with Crippen LogP contribution in [0.5, 0.6) is 0 Å². The maximum absolute atomic E-state index is 14.4. The Balaban J connectivity index is 1.69. The van der Waals surface area contributed by atoms with Gasteiger partial charge >= 0.3 is 15.5 Å². The zero-order chi connectivity index (χ0) is 26.3. The number of rotatable bonds is 7. The lowest BCUT2D eigenvalue weighted by atomic mass is 10.1. The molecule has 13 heteroatoms. The highest BCUT2D eigenvalue weighted by Gasteiger charge is 2.45. The first-order valence-electron chi connectivity index (χ1n) is 10.2. The number of sulfonamides is 1. The van der Waals surface area contributed by atoms with E-state index in [2.05, 4.69) is 0 Å². The van der Waals surface area contributed by atoms with Crippen molar-refractivity contribution >= 4 is 30.9 Å². The average Bonchev–Trinajstić information content (AvgIpc) is 3.15. The Labute approximate surface area is 203 Å². The molecule has 0 aliphatic heterocycles. The quantitative estimate of drug-likeness (QED) is 0.342. The van der Waals surface area contributed by atoms with Gasteiger partial charge in [-0.05, 0) is 47.5 Å². The van der Waals surface area contributed by atoms with Crippen molar-refractivity contribution in [2.24, 2.45) is 0 Å². The van der Waals surface area contributed by atoms with E-state index < -0.39 is 48.6 Å². The van der Waals surface area contributed by atoms with Crippen molar-refractivity contribution in [1.82, 2.24) is 8.69 Å². The van der Waals surface area contributed by atoms with Crippen molar-refractivity contribution < 1.29 is 38.8 Å². The van der Waals surface area contributed by atoms with Crippen LogP contribution in [0.1, 0.15) is 16.8 Å². The fraction of sp³-hybridized carbons (Fsp3) is 0.130. The van der Waals surface area contributed by atoms with E-state index in [0.29, 0.717) is 5.56 Å². The maximum atomic E-state index is 14.4. The molecule has 0 saturated heterocycles. The Morgan fingerprint density at radius 3 is 2.08 bits per heavy atom. The SMILES string of the molecule is O=S(=O)(c1ccccc1F)n1c(Cc2ccc(CNS(=O)(=O)C(F)(F)F)cc2)cc2cc(F)ccc21. The third kappa shape index (κ3) is 4.99. The average molecular weight is 545 g/mol. The number of fused-ring (bicyclic) bond motifs is 1. The molecule has 0 aliphatic carbocycles. The Hall–Kier alpha value is -3.29. The molecule has 1 heterocycles. The lowest BCUT2D eigenvalue weighted by Gasteiger charge is -2.13. The number of hydrogen-bond acceptors (Lipinski definition) is 4. The topological polar surface area (TPSA) is 85.2 Å². The molecule has 0 saturated carbocycles. The Morgan fingerprint density at radius 2 is 1.44 bits per heavy atom. The monoisotopic (exact) mass is 544 g/mol. The van der Waals surface area contributed by atoms with Crippen molar-refractivity contribution in [3.05, 3.63) is 101 Å². The summed E-state index contributed by atoms with van der Waals surface area (Å²) in [5, 5.41) is 0.267. The number of nitrogens with one attached hydrogen (secondary N) is 1. The van der Waals surface area contributed by atoms with Gasteiger partial charge < -0.3 is 0 Å². The van der Waals surface area contributed by atoms with Gasteiger partial charge in [-0.2, -0.15) is 13.2 Å². The van der Waals surface area contributed by atoms with Crippen LogP contribution < -0.4 is 4.72 Å². The third-order valence-corrected chi connectivity index (χ3v) is 8.26. The lowest BCUT2D eigenvalue weighted by Crippen LogP contribution is -2.35. The van der Waals surface area contributed by atoms with E-state index in [0.717, 1.165) is 28.2 Å². The molecular formula is C23H17F5N2O4S2. The molecule has 4 aromatic rings. The van der Waals surface area contributed by atoms with Crippen LogP contribution in [-0.4, -0.2) is 26.3 Å². The zero-order valence-electron chi connectivity index (χ0n) is 18.1. The van der Waals surface area contributed by atoms with Gasteiger partial charge in [0.25, 0.3) is 10.0 Å². The number of nitrogens with zero attached hydrogens (tertiary/aromatic N) is 1. The van der Waals surface area contributed by atoms with Crippen LogP contribution in [0.3, 0.4) is 0 Å². The van der Waals surface area contributed by atoms with Gasteiger partial charge in [0.1, 0.15) is 16.5 Å². The zero-order valence-corrected chi connectivity index (χ0v) is 19.8. The van der Waals surface area contributed by atoms with Gasteiger partial charge in [-0.1, -0.05) is 36.4 Å². The molecule has 0 amide bonds. The van der Waals surface area contributed by atoms with Crippen LogP contribution in [-0.2, 0) is 33.0 Å². The molecule has 36 heavy (non-hydrogen) atoms.